The van der Waals surface area contributed by atoms with Gasteiger partial charge in [-0.15, -0.1) is 0 Å². The van der Waals surface area contributed by atoms with Gasteiger partial charge in [0.1, 0.15) is 5.75 Å². The van der Waals surface area contributed by atoms with Crippen molar-refractivity contribution in [1.29, 1.82) is 0 Å². The third-order valence-corrected chi connectivity index (χ3v) is 2.95. The molecule has 94 valence electrons. The molecule has 0 aliphatic rings. The molecule has 0 unspecified atom stereocenters. The molecule has 1 atom stereocenters. The molecule has 18 heavy (non-hydrogen) atoms. The van der Waals surface area contributed by atoms with Crippen molar-refractivity contribution in [3.8, 4) is 5.75 Å². The number of aromatic nitrogens is 1. The molecular formula is C15H18N2O. The summed E-state index contributed by atoms with van der Waals surface area (Å²) in [5, 5.41) is 3.47. The van der Waals surface area contributed by atoms with Crippen molar-refractivity contribution in [2.75, 3.05) is 7.11 Å². The zero-order valence-corrected chi connectivity index (χ0v) is 10.8. The van der Waals surface area contributed by atoms with Gasteiger partial charge in [0.05, 0.1) is 7.11 Å². The van der Waals surface area contributed by atoms with Crippen LogP contribution in [0.1, 0.15) is 24.1 Å². The topological polar surface area (TPSA) is 34.1 Å². The van der Waals surface area contributed by atoms with Crippen molar-refractivity contribution in [3.05, 3.63) is 59.9 Å². The van der Waals surface area contributed by atoms with Gasteiger partial charge in [0.2, 0.25) is 0 Å². The lowest BCUT2D eigenvalue weighted by Crippen LogP contribution is -2.18. The van der Waals surface area contributed by atoms with E-state index in [2.05, 4.69) is 35.4 Å². The Morgan fingerprint density at radius 1 is 1.22 bits per heavy atom. The van der Waals surface area contributed by atoms with Gasteiger partial charge in [-0.1, -0.05) is 18.2 Å². The summed E-state index contributed by atoms with van der Waals surface area (Å²) in [5.74, 6) is 0.887. The number of rotatable bonds is 5. The lowest BCUT2D eigenvalue weighted by atomic mass is 10.1. The van der Waals surface area contributed by atoms with E-state index in [0.29, 0.717) is 6.04 Å². The SMILES string of the molecule is COc1ccc([C@H](C)NCc2cccnc2)cc1. The van der Waals surface area contributed by atoms with Gasteiger partial charge in [0.15, 0.2) is 0 Å². The number of hydrogen-bond acceptors (Lipinski definition) is 3. The summed E-state index contributed by atoms with van der Waals surface area (Å²) in [4.78, 5) is 4.10. The molecule has 0 spiro atoms. The van der Waals surface area contributed by atoms with Crippen LogP contribution in [0.15, 0.2) is 48.8 Å². The van der Waals surface area contributed by atoms with E-state index in [9.17, 15) is 0 Å². The third-order valence-electron chi connectivity index (χ3n) is 2.95. The molecule has 0 saturated heterocycles. The Morgan fingerprint density at radius 3 is 2.61 bits per heavy atom. The first-order valence-electron chi connectivity index (χ1n) is 6.06. The number of nitrogens with one attached hydrogen (secondary N) is 1. The van der Waals surface area contributed by atoms with E-state index in [0.717, 1.165) is 12.3 Å². The van der Waals surface area contributed by atoms with E-state index in [1.54, 1.807) is 13.3 Å². The van der Waals surface area contributed by atoms with Gasteiger partial charge in [0, 0.05) is 25.0 Å². The normalized spacial score (nSPS) is 12.1. The number of nitrogens with zero attached hydrogens (tertiary/aromatic N) is 1. The summed E-state index contributed by atoms with van der Waals surface area (Å²) in [7, 11) is 1.68. The van der Waals surface area contributed by atoms with Crippen LogP contribution >= 0.6 is 0 Å². The molecule has 0 aliphatic heterocycles. The van der Waals surface area contributed by atoms with Gasteiger partial charge in [-0.3, -0.25) is 4.98 Å². The Bertz CT molecular complexity index is 468. The monoisotopic (exact) mass is 242 g/mol. The van der Waals surface area contributed by atoms with Crippen LogP contribution in [-0.4, -0.2) is 12.1 Å². The predicted molar refractivity (Wildman–Crippen MR) is 72.5 cm³/mol. The number of methoxy groups -OCH3 is 1. The smallest absolute Gasteiger partial charge is 0.118 e. The van der Waals surface area contributed by atoms with Gasteiger partial charge in [-0.2, -0.15) is 0 Å². The fourth-order valence-corrected chi connectivity index (χ4v) is 1.78. The highest BCUT2D eigenvalue weighted by atomic mass is 16.5. The van der Waals surface area contributed by atoms with Gasteiger partial charge in [-0.25, -0.2) is 0 Å². The van der Waals surface area contributed by atoms with Gasteiger partial charge in [0.25, 0.3) is 0 Å². The van der Waals surface area contributed by atoms with E-state index in [1.165, 1.54) is 11.1 Å². The standard InChI is InChI=1S/C15H18N2O/c1-12(14-5-7-15(18-2)8-6-14)17-11-13-4-3-9-16-10-13/h3-10,12,17H,11H2,1-2H3/t12-/m0/s1. The zero-order chi connectivity index (χ0) is 12.8. The molecule has 0 amide bonds. The fourth-order valence-electron chi connectivity index (χ4n) is 1.78. The van der Waals surface area contributed by atoms with Crippen molar-refractivity contribution in [1.82, 2.24) is 10.3 Å². The number of ether oxygens (including phenoxy) is 1. The molecule has 3 heteroatoms. The lowest BCUT2D eigenvalue weighted by Gasteiger charge is -2.14. The molecule has 2 aromatic rings. The van der Waals surface area contributed by atoms with Crippen LogP contribution in [0.25, 0.3) is 0 Å². The zero-order valence-electron chi connectivity index (χ0n) is 10.8. The van der Waals surface area contributed by atoms with Crippen molar-refractivity contribution in [3.63, 3.8) is 0 Å². The van der Waals surface area contributed by atoms with Gasteiger partial charge in [-0.05, 0) is 36.2 Å². The van der Waals surface area contributed by atoms with Crippen molar-refractivity contribution in [2.45, 2.75) is 19.5 Å². The first-order valence-corrected chi connectivity index (χ1v) is 6.06. The second-order valence-corrected chi connectivity index (χ2v) is 4.24. The molecule has 0 radical (unpaired) electrons. The molecule has 1 aromatic heterocycles. The van der Waals surface area contributed by atoms with E-state index < -0.39 is 0 Å². The number of hydrogen-bond donors (Lipinski definition) is 1. The fraction of sp³-hybridized carbons (Fsp3) is 0.267. The van der Waals surface area contributed by atoms with Crippen LogP contribution in [0.3, 0.4) is 0 Å². The summed E-state index contributed by atoms with van der Waals surface area (Å²) in [5.41, 5.74) is 2.44. The summed E-state index contributed by atoms with van der Waals surface area (Å²) in [6.45, 7) is 2.97. The first kappa shape index (κ1) is 12.6. The minimum Gasteiger partial charge on any atom is -0.497 e. The highest BCUT2D eigenvalue weighted by molar-refractivity contribution is 5.28. The largest absolute Gasteiger partial charge is 0.497 e. The molecule has 2 rings (SSSR count). The number of pyridine rings is 1. The van der Waals surface area contributed by atoms with Crippen LogP contribution in [-0.2, 0) is 6.54 Å². The minimum atomic E-state index is 0.302. The first-order chi connectivity index (χ1) is 8.79. The second kappa shape index (κ2) is 6.17. The van der Waals surface area contributed by atoms with E-state index in [4.69, 9.17) is 4.74 Å². The molecule has 0 bridgehead atoms. The average Bonchev–Trinajstić information content (AvgIpc) is 2.46. The van der Waals surface area contributed by atoms with Crippen LogP contribution in [0, 0.1) is 0 Å². The van der Waals surface area contributed by atoms with Gasteiger partial charge >= 0.3 is 0 Å². The van der Waals surface area contributed by atoms with Crippen LogP contribution < -0.4 is 10.1 Å². The van der Waals surface area contributed by atoms with Crippen LogP contribution in [0.2, 0.25) is 0 Å². The quantitative estimate of drug-likeness (QED) is 0.875. The minimum absolute atomic E-state index is 0.302. The molecule has 0 fully saturated rings. The predicted octanol–water partition coefficient (Wildman–Crippen LogP) is 2.94. The highest BCUT2D eigenvalue weighted by Gasteiger charge is 2.04. The molecule has 1 heterocycles. The molecular weight excluding hydrogens is 224 g/mol. The third kappa shape index (κ3) is 3.31. The average molecular weight is 242 g/mol. The summed E-state index contributed by atoms with van der Waals surface area (Å²) >= 11 is 0. The van der Waals surface area contributed by atoms with Crippen LogP contribution in [0.5, 0.6) is 5.75 Å². The molecule has 3 nitrogen and oxygen atoms in total. The summed E-state index contributed by atoms with van der Waals surface area (Å²) in [6.07, 6.45) is 3.67. The Balaban J connectivity index is 1.93. The Hall–Kier alpha value is -1.87. The Labute approximate surface area is 108 Å². The van der Waals surface area contributed by atoms with Gasteiger partial charge < -0.3 is 10.1 Å². The van der Waals surface area contributed by atoms with Crippen LogP contribution in [0.4, 0.5) is 0 Å². The maximum Gasteiger partial charge on any atom is 0.118 e. The lowest BCUT2D eigenvalue weighted by molar-refractivity contribution is 0.414. The maximum absolute atomic E-state index is 5.15. The molecule has 0 saturated carbocycles. The van der Waals surface area contributed by atoms with E-state index in [1.807, 2.05) is 24.4 Å². The Morgan fingerprint density at radius 2 is 2.00 bits per heavy atom. The Kier molecular flexibility index (Phi) is 4.31. The second-order valence-electron chi connectivity index (χ2n) is 4.24. The highest BCUT2D eigenvalue weighted by Crippen LogP contribution is 2.17. The molecule has 0 aliphatic carbocycles. The van der Waals surface area contributed by atoms with Crippen molar-refractivity contribution < 1.29 is 4.74 Å². The maximum atomic E-state index is 5.15. The number of benzene rings is 1. The summed E-state index contributed by atoms with van der Waals surface area (Å²) < 4.78 is 5.15. The van der Waals surface area contributed by atoms with Crippen molar-refractivity contribution in [2.24, 2.45) is 0 Å². The molecule has 1 N–H and O–H groups in total. The van der Waals surface area contributed by atoms with Crippen molar-refractivity contribution >= 4 is 0 Å². The summed E-state index contributed by atoms with van der Waals surface area (Å²) in [6, 6.07) is 12.5. The van der Waals surface area contributed by atoms with E-state index in [-0.39, 0.29) is 0 Å². The van der Waals surface area contributed by atoms with E-state index >= 15 is 0 Å². The molecule has 1 aromatic carbocycles.